The van der Waals surface area contributed by atoms with Gasteiger partial charge in [0, 0.05) is 6.54 Å². The zero-order valence-corrected chi connectivity index (χ0v) is 19.6. The molecule has 4 atom stereocenters. The Morgan fingerprint density at radius 3 is 2.36 bits per heavy atom. The van der Waals surface area contributed by atoms with E-state index >= 15 is 0 Å². The van der Waals surface area contributed by atoms with Crippen LogP contribution in [0.4, 0.5) is 0 Å². The van der Waals surface area contributed by atoms with Gasteiger partial charge in [0.25, 0.3) is 0 Å². The monoisotopic (exact) mass is 489 g/mol. The number of nitrogens with zero attached hydrogens (tertiary/aromatic N) is 1. The molecule has 0 saturated carbocycles. The molecule has 0 aliphatic carbocycles. The van der Waals surface area contributed by atoms with Crippen LogP contribution in [0.5, 0.6) is 0 Å². The maximum atomic E-state index is 13.0. The van der Waals surface area contributed by atoms with E-state index in [0.29, 0.717) is 50.9 Å². The number of amides is 3. The maximum Gasteiger partial charge on any atom is 0.326 e. The van der Waals surface area contributed by atoms with Crippen LogP contribution in [0, 0.1) is 0 Å². The number of rotatable bonds is 15. The minimum atomic E-state index is -1.64. The van der Waals surface area contributed by atoms with Crippen molar-refractivity contribution in [3.63, 3.8) is 0 Å². The number of hydrogen-bond acceptors (Lipinski definition) is 8. The third-order valence-corrected chi connectivity index (χ3v) is 6.01. The summed E-state index contributed by atoms with van der Waals surface area (Å²) in [5, 5.41) is 22.9. The lowest BCUT2D eigenvalue weighted by atomic mass is 10.1. The first kappa shape index (κ1) is 28.7. The molecule has 0 aromatic rings. The minimum Gasteiger partial charge on any atom is -0.481 e. The van der Waals surface area contributed by atoms with Crippen molar-refractivity contribution >= 4 is 41.4 Å². The summed E-state index contributed by atoms with van der Waals surface area (Å²) in [6.07, 6.45) is 3.86. The van der Waals surface area contributed by atoms with Crippen LogP contribution in [0.2, 0.25) is 0 Å². The summed E-state index contributed by atoms with van der Waals surface area (Å²) >= 11 is 1.57. The Bertz CT molecular complexity index is 708. The molecule has 0 spiro atoms. The number of carboxylic acids is 2. The van der Waals surface area contributed by atoms with Crippen molar-refractivity contribution in [2.75, 3.05) is 25.1 Å². The molecule has 1 rings (SSSR count). The average Bonchev–Trinajstić information content (AvgIpc) is 3.25. The number of carbonyl (C=O) groups is 5. The van der Waals surface area contributed by atoms with Crippen molar-refractivity contribution in [1.29, 1.82) is 0 Å². The van der Waals surface area contributed by atoms with Crippen LogP contribution in [-0.2, 0) is 24.0 Å². The average molecular weight is 490 g/mol. The van der Waals surface area contributed by atoms with Crippen molar-refractivity contribution in [2.45, 2.75) is 69.1 Å². The zero-order valence-electron chi connectivity index (χ0n) is 18.8. The molecule has 1 fully saturated rings. The molecule has 188 valence electrons. The Labute approximate surface area is 197 Å². The van der Waals surface area contributed by atoms with E-state index in [-0.39, 0.29) is 12.3 Å². The Balaban J connectivity index is 2.89. The van der Waals surface area contributed by atoms with Gasteiger partial charge in [-0.3, -0.25) is 19.2 Å². The van der Waals surface area contributed by atoms with E-state index in [1.807, 2.05) is 6.26 Å². The van der Waals surface area contributed by atoms with Gasteiger partial charge in [-0.25, -0.2) is 4.79 Å². The topological polar surface area (TPSA) is 205 Å². The Hall–Kier alpha value is -2.38. The van der Waals surface area contributed by atoms with Crippen LogP contribution >= 0.6 is 11.8 Å². The first-order chi connectivity index (χ1) is 15.6. The van der Waals surface area contributed by atoms with Crippen molar-refractivity contribution in [2.24, 2.45) is 11.5 Å². The van der Waals surface area contributed by atoms with Gasteiger partial charge in [0.15, 0.2) is 0 Å². The van der Waals surface area contributed by atoms with E-state index in [1.54, 1.807) is 11.8 Å². The Morgan fingerprint density at radius 2 is 1.79 bits per heavy atom. The number of likely N-dealkylation sites (tertiary alicyclic amines) is 1. The number of nitrogens with one attached hydrogen (secondary N) is 2. The smallest absolute Gasteiger partial charge is 0.326 e. The molecule has 3 amide bonds. The van der Waals surface area contributed by atoms with Gasteiger partial charge in [-0.15, -0.1) is 0 Å². The number of thioether (sulfide) groups is 1. The van der Waals surface area contributed by atoms with Gasteiger partial charge in [0.1, 0.15) is 18.1 Å². The summed E-state index contributed by atoms with van der Waals surface area (Å²) in [5.41, 5.74) is 11.5. The third-order valence-electron chi connectivity index (χ3n) is 5.36. The second kappa shape index (κ2) is 14.7. The van der Waals surface area contributed by atoms with Gasteiger partial charge in [0.2, 0.25) is 17.7 Å². The lowest BCUT2D eigenvalue weighted by Crippen LogP contribution is -2.56. The molecule has 8 N–H and O–H groups in total. The first-order valence-electron chi connectivity index (χ1n) is 10.9. The maximum absolute atomic E-state index is 13.0. The van der Waals surface area contributed by atoms with E-state index in [1.165, 1.54) is 4.90 Å². The molecule has 0 radical (unpaired) electrons. The molecule has 0 aromatic carbocycles. The standard InChI is InChI=1S/C20H35N5O7S/c1-33-10-7-12(22)19(30)25-9-4-6-15(25)18(29)23-13(5-2-3-8-21)17(28)24-14(20(31)32)11-16(26)27/h12-15H,2-11,21-22H2,1H3,(H,23,29)(H,24,28)(H,26,27)(H,31,32). The Morgan fingerprint density at radius 1 is 1.09 bits per heavy atom. The fourth-order valence-electron chi connectivity index (χ4n) is 3.56. The summed E-state index contributed by atoms with van der Waals surface area (Å²) in [5.74, 6) is -3.83. The van der Waals surface area contributed by atoms with Crippen molar-refractivity contribution < 1.29 is 34.2 Å². The number of carboxylic acid groups (broad SMARTS) is 2. The fourth-order valence-corrected chi connectivity index (χ4v) is 4.05. The number of unbranched alkanes of at least 4 members (excludes halogenated alkanes) is 1. The normalized spacial score (nSPS) is 18.3. The molecule has 13 heteroatoms. The van der Waals surface area contributed by atoms with Gasteiger partial charge in [-0.2, -0.15) is 11.8 Å². The summed E-state index contributed by atoms with van der Waals surface area (Å²) < 4.78 is 0. The fraction of sp³-hybridized carbons (Fsp3) is 0.750. The largest absolute Gasteiger partial charge is 0.481 e. The van der Waals surface area contributed by atoms with Gasteiger partial charge < -0.3 is 37.2 Å². The first-order valence-corrected chi connectivity index (χ1v) is 12.3. The number of carbonyl (C=O) groups excluding carboxylic acids is 3. The predicted octanol–water partition coefficient (Wildman–Crippen LogP) is -1.28. The highest BCUT2D eigenvalue weighted by molar-refractivity contribution is 7.98. The molecular formula is C20H35N5O7S. The minimum absolute atomic E-state index is 0.183. The number of nitrogens with two attached hydrogens (primary N) is 2. The molecule has 4 unspecified atom stereocenters. The van der Waals surface area contributed by atoms with E-state index in [0.717, 1.165) is 0 Å². The number of aliphatic carboxylic acids is 2. The van der Waals surface area contributed by atoms with Crippen LogP contribution in [-0.4, -0.2) is 94.0 Å². The zero-order chi connectivity index (χ0) is 25.0. The van der Waals surface area contributed by atoms with Crippen molar-refractivity contribution in [3.8, 4) is 0 Å². The van der Waals surface area contributed by atoms with Crippen molar-refractivity contribution in [1.82, 2.24) is 15.5 Å². The SMILES string of the molecule is CSCCC(N)C(=O)N1CCCC1C(=O)NC(CCCCN)C(=O)NC(CC(=O)O)C(=O)O. The van der Waals surface area contributed by atoms with Crippen LogP contribution in [0.1, 0.15) is 44.9 Å². The van der Waals surface area contributed by atoms with Crippen LogP contribution in [0.25, 0.3) is 0 Å². The number of hydrogen-bond donors (Lipinski definition) is 6. The second-order valence-corrected chi connectivity index (χ2v) is 8.91. The quantitative estimate of drug-likeness (QED) is 0.150. The van der Waals surface area contributed by atoms with Crippen LogP contribution < -0.4 is 22.1 Å². The molecular weight excluding hydrogens is 454 g/mol. The molecule has 12 nitrogen and oxygen atoms in total. The lowest BCUT2D eigenvalue weighted by molar-refractivity contribution is -0.147. The van der Waals surface area contributed by atoms with Crippen LogP contribution in [0.3, 0.4) is 0 Å². The predicted molar refractivity (Wildman–Crippen MR) is 122 cm³/mol. The highest BCUT2D eigenvalue weighted by Gasteiger charge is 2.37. The van der Waals surface area contributed by atoms with Crippen LogP contribution in [0.15, 0.2) is 0 Å². The molecule has 0 bridgehead atoms. The summed E-state index contributed by atoms with van der Waals surface area (Å²) in [6.45, 7) is 0.755. The molecule has 1 saturated heterocycles. The highest BCUT2D eigenvalue weighted by Crippen LogP contribution is 2.20. The van der Waals surface area contributed by atoms with E-state index in [4.69, 9.17) is 16.6 Å². The van der Waals surface area contributed by atoms with Gasteiger partial charge in [-0.05, 0) is 57.1 Å². The molecule has 1 aliphatic rings. The van der Waals surface area contributed by atoms with Crippen molar-refractivity contribution in [3.05, 3.63) is 0 Å². The molecule has 33 heavy (non-hydrogen) atoms. The van der Waals surface area contributed by atoms with Gasteiger partial charge in [0.05, 0.1) is 12.5 Å². The third kappa shape index (κ3) is 9.56. The van der Waals surface area contributed by atoms with E-state index in [9.17, 15) is 29.1 Å². The summed E-state index contributed by atoms with van der Waals surface area (Å²) in [6, 6.07) is -4.23. The molecule has 0 aromatic heterocycles. The highest BCUT2D eigenvalue weighted by atomic mass is 32.2. The van der Waals surface area contributed by atoms with E-state index in [2.05, 4.69) is 10.6 Å². The Kier molecular flexibility index (Phi) is 12.8. The molecule has 1 heterocycles. The van der Waals surface area contributed by atoms with Gasteiger partial charge in [-0.1, -0.05) is 0 Å². The summed E-state index contributed by atoms with van der Waals surface area (Å²) in [7, 11) is 0. The van der Waals surface area contributed by atoms with Gasteiger partial charge >= 0.3 is 11.9 Å². The lowest BCUT2D eigenvalue weighted by Gasteiger charge is -2.28. The van der Waals surface area contributed by atoms with E-state index < -0.39 is 54.3 Å². The second-order valence-electron chi connectivity index (χ2n) is 7.92. The summed E-state index contributed by atoms with van der Waals surface area (Å²) in [4.78, 5) is 62.0. The molecule has 1 aliphatic heterocycles.